The van der Waals surface area contributed by atoms with Crippen molar-refractivity contribution in [1.29, 1.82) is 0 Å². The van der Waals surface area contributed by atoms with Crippen LogP contribution in [0.4, 0.5) is 0 Å². The minimum absolute atomic E-state index is 0.399. The maximum absolute atomic E-state index is 6.08. The molecule has 2 N–H and O–H groups in total. The maximum atomic E-state index is 6.08. The molecule has 2 atom stereocenters. The Balaban J connectivity index is 2.26. The van der Waals surface area contributed by atoms with E-state index in [1.807, 2.05) is 0 Å². The molecule has 1 heterocycles. The molecule has 1 fully saturated rings. The van der Waals surface area contributed by atoms with E-state index >= 15 is 0 Å². The maximum Gasteiger partial charge on any atom is 0.0475 e. The molecule has 2 rings (SSSR count). The average Bonchev–Trinajstić information content (AvgIpc) is 2.42. The first-order chi connectivity index (χ1) is 8.77. The SMILES string of the molecule is CCc1ccccc1C(CN)N1CCCCC1C. The summed E-state index contributed by atoms with van der Waals surface area (Å²) in [5.74, 6) is 0. The highest BCUT2D eigenvalue weighted by Gasteiger charge is 2.27. The molecule has 2 heteroatoms. The lowest BCUT2D eigenvalue weighted by atomic mass is 9.93. The smallest absolute Gasteiger partial charge is 0.0475 e. The van der Waals surface area contributed by atoms with Crippen LogP contribution in [-0.4, -0.2) is 24.0 Å². The molecule has 0 bridgehead atoms. The van der Waals surface area contributed by atoms with Crippen molar-refractivity contribution in [3.05, 3.63) is 35.4 Å². The van der Waals surface area contributed by atoms with Crippen LogP contribution in [0, 0.1) is 0 Å². The van der Waals surface area contributed by atoms with Gasteiger partial charge in [0, 0.05) is 18.6 Å². The topological polar surface area (TPSA) is 29.3 Å². The molecule has 2 unspecified atom stereocenters. The van der Waals surface area contributed by atoms with Gasteiger partial charge < -0.3 is 5.73 Å². The Morgan fingerprint density at radius 2 is 2.11 bits per heavy atom. The second-order valence-corrected chi connectivity index (χ2v) is 5.39. The first-order valence-electron chi connectivity index (χ1n) is 7.31. The number of piperidine rings is 1. The molecule has 0 amide bonds. The van der Waals surface area contributed by atoms with E-state index in [1.54, 1.807) is 0 Å². The van der Waals surface area contributed by atoms with Gasteiger partial charge in [0.1, 0.15) is 0 Å². The van der Waals surface area contributed by atoms with Crippen molar-refractivity contribution in [2.24, 2.45) is 5.73 Å². The van der Waals surface area contributed by atoms with Crippen molar-refractivity contribution in [2.45, 2.75) is 51.6 Å². The Morgan fingerprint density at radius 3 is 2.78 bits per heavy atom. The lowest BCUT2D eigenvalue weighted by Crippen LogP contribution is -2.43. The summed E-state index contributed by atoms with van der Waals surface area (Å²) >= 11 is 0. The quantitative estimate of drug-likeness (QED) is 0.884. The van der Waals surface area contributed by atoms with Crippen LogP contribution in [0.15, 0.2) is 24.3 Å². The highest BCUT2D eigenvalue weighted by atomic mass is 15.2. The van der Waals surface area contributed by atoms with Crippen molar-refractivity contribution < 1.29 is 0 Å². The predicted octanol–water partition coefficient (Wildman–Crippen LogP) is 3.12. The Kier molecular flexibility index (Phi) is 4.79. The van der Waals surface area contributed by atoms with Crippen molar-refractivity contribution in [3.63, 3.8) is 0 Å². The second-order valence-electron chi connectivity index (χ2n) is 5.39. The van der Waals surface area contributed by atoms with Crippen LogP contribution in [-0.2, 0) is 6.42 Å². The van der Waals surface area contributed by atoms with Crippen LogP contribution in [0.3, 0.4) is 0 Å². The summed E-state index contributed by atoms with van der Waals surface area (Å²) < 4.78 is 0. The third kappa shape index (κ3) is 2.76. The fourth-order valence-corrected chi connectivity index (χ4v) is 3.21. The lowest BCUT2D eigenvalue weighted by Gasteiger charge is -2.40. The minimum Gasteiger partial charge on any atom is -0.329 e. The molecule has 0 radical (unpaired) electrons. The molecule has 1 aromatic carbocycles. The van der Waals surface area contributed by atoms with E-state index in [-0.39, 0.29) is 0 Å². The molecule has 1 aliphatic rings. The Hall–Kier alpha value is -0.860. The number of rotatable bonds is 4. The fraction of sp³-hybridized carbons (Fsp3) is 0.625. The zero-order valence-electron chi connectivity index (χ0n) is 11.7. The van der Waals surface area contributed by atoms with Crippen molar-refractivity contribution in [3.8, 4) is 0 Å². The number of likely N-dealkylation sites (tertiary alicyclic amines) is 1. The van der Waals surface area contributed by atoms with E-state index in [0.29, 0.717) is 12.1 Å². The standard InChI is InChI=1S/C16H26N2/c1-3-14-9-4-5-10-15(14)16(12-17)18-11-7-6-8-13(18)2/h4-5,9-10,13,16H,3,6-8,11-12,17H2,1-2H3. The first kappa shape index (κ1) is 13.6. The van der Waals surface area contributed by atoms with E-state index < -0.39 is 0 Å². The number of nitrogens with two attached hydrogens (primary N) is 1. The van der Waals surface area contributed by atoms with E-state index in [9.17, 15) is 0 Å². The van der Waals surface area contributed by atoms with Crippen LogP contribution in [0.2, 0.25) is 0 Å². The third-order valence-electron chi connectivity index (χ3n) is 4.27. The van der Waals surface area contributed by atoms with E-state index in [1.165, 1.54) is 36.9 Å². The van der Waals surface area contributed by atoms with Gasteiger partial charge in [-0.2, -0.15) is 0 Å². The number of nitrogens with zero attached hydrogens (tertiary/aromatic N) is 1. The van der Waals surface area contributed by atoms with Crippen LogP contribution < -0.4 is 5.73 Å². The van der Waals surface area contributed by atoms with E-state index in [4.69, 9.17) is 5.73 Å². The highest BCUT2D eigenvalue weighted by molar-refractivity contribution is 5.30. The summed E-state index contributed by atoms with van der Waals surface area (Å²) in [5, 5.41) is 0. The zero-order valence-corrected chi connectivity index (χ0v) is 11.7. The van der Waals surface area contributed by atoms with E-state index in [2.05, 4.69) is 43.0 Å². The molecule has 1 aliphatic heterocycles. The van der Waals surface area contributed by atoms with Crippen molar-refractivity contribution in [2.75, 3.05) is 13.1 Å². The summed E-state index contributed by atoms with van der Waals surface area (Å²) in [6.45, 7) is 6.49. The number of aryl methyl sites for hydroxylation is 1. The summed E-state index contributed by atoms with van der Waals surface area (Å²) in [5.41, 5.74) is 8.97. The van der Waals surface area contributed by atoms with Crippen molar-refractivity contribution in [1.82, 2.24) is 4.90 Å². The van der Waals surface area contributed by atoms with Crippen molar-refractivity contribution >= 4 is 0 Å². The lowest BCUT2D eigenvalue weighted by molar-refractivity contribution is 0.108. The monoisotopic (exact) mass is 246 g/mol. The fourth-order valence-electron chi connectivity index (χ4n) is 3.21. The molecule has 2 nitrogen and oxygen atoms in total. The molecule has 0 saturated carbocycles. The number of hydrogen-bond acceptors (Lipinski definition) is 2. The van der Waals surface area contributed by atoms with Gasteiger partial charge in [0.05, 0.1) is 0 Å². The summed E-state index contributed by atoms with van der Waals surface area (Å²) in [4.78, 5) is 2.61. The van der Waals surface area contributed by atoms with Gasteiger partial charge in [-0.15, -0.1) is 0 Å². The predicted molar refractivity (Wildman–Crippen MR) is 77.6 cm³/mol. The molecular weight excluding hydrogens is 220 g/mol. The van der Waals surface area contributed by atoms with Gasteiger partial charge >= 0.3 is 0 Å². The molecule has 18 heavy (non-hydrogen) atoms. The van der Waals surface area contributed by atoms with Gasteiger partial charge in [-0.25, -0.2) is 0 Å². The van der Waals surface area contributed by atoms with Crippen LogP contribution in [0.1, 0.15) is 50.3 Å². The first-order valence-corrected chi connectivity index (χ1v) is 7.31. The molecule has 1 aromatic rings. The Labute approximate surface area is 111 Å². The molecule has 0 aromatic heterocycles. The zero-order chi connectivity index (χ0) is 13.0. The summed E-state index contributed by atoms with van der Waals surface area (Å²) in [7, 11) is 0. The molecule has 0 spiro atoms. The van der Waals surface area contributed by atoms with Gasteiger partial charge in [0.15, 0.2) is 0 Å². The van der Waals surface area contributed by atoms with Gasteiger partial charge in [-0.05, 0) is 43.9 Å². The molecule has 1 saturated heterocycles. The summed E-state index contributed by atoms with van der Waals surface area (Å²) in [6.07, 6.45) is 5.08. The van der Waals surface area contributed by atoms with Crippen LogP contribution >= 0.6 is 0 Å². The number of hydrogen-bond donors (Lipinski definition) is 1. The average molecular weight is 246 g/mol. The molecule has 0 aliphatic carbocycles. The second kappa shape index (κ2) is 6.35. The van der Waals surface area contributed by atoms with E-state index in [0.717, 1.165) is 13.0 Å². The Morgan fingerprint density at radius 1 is 1.33 bits per heavy atom. The molecular formula is C16H26N2. The van der Waals surface area contributed by atoms with Gasteiger partial charge in [0.25, 0.3) is 0 Å². The minimum atomic E-state index is 0.399. The normalized spacial score (nSPS) is 22.9. The number of benzene rings is 1. The highest BCUT2D eigenvalue weighted by Crippen LogP contribution is 2.29. The third-order valence-corrected chi connectivity index (χ3v) is 4.27. The van der Waals surface area contributed by atoms with Gasteiger partial charge in [-0.1, -0.05) is 37.6 Å². The van der Waals surface area contributed by atoms with Crippen LogP contribution in [0.25, 0.3) is 0 Å². The summed E-state index contributed by atoms with van der Waals surface area (Å²) in [6, 6.07) is 9.85. The van der Waals surface area contributed by atoms with Gasteiger partial charge in [-0.3, -0.25) is 4.90 Å². The van der Waals surface area contributed by atoms with Crippen LogP contribution in [0.5, 0.6) is 0 Å². The Bertz CT molecular complexity index is 375. The molecule has 100 valence electrons. The largest absolute Gasteiger partial charge is 0.329 e. The van der Waals surface area contributed by atoms with Gasteiger partial charge in [0.2, 0.25) is 0 Å².